The van der Waals surface area contributed by atoms with Crippen LogP contribution in [0.25, 0.3) is 10.9 Å². The molecule has 2 aromatic carbocycles. The lowest BCUT2D eigenvalue weighted by Crippen LogP contribution is -2.25. The summed E-state index contributed by atoms with van der Waals surface area (Å²) in [5.41, 5.74) is 1.87. The van der Waals surface area contributed by atoms with E-state index in [1.165, 1.54) is 6.21 Å². The van der Waals surface area contributed by atoms with E-state index < -0.39 is 5.91 Å². The van der Waals surface area contributed by atoms with Crippen LogP contribution in [-0.4, -0.2) is 53.5 Å². The van der Waals surface area contributed by atoms with Gasteiger partial charge in [0.25, 0.3) is 0 Å². The number of benzene rings is 2. The van der Waals surface area contributed by atoms with Gasteiger partial charge in [-0.05, 0) is 49.0 Å². The van der Waals surface area contributed by atoms with Crippen LogP contribution in [0.1, 0.15) is 19.4 Å². The second-order valence-corrected chi connectivity index (χ2v) is 6.94. The predicted molar refractivity (Wildman–Crippen MR) is 123 cm³/mol. The number of ether oxygens (including phenoxy) is 1. The van der Waals surface area contributed by atoms with Crippen LogP contribution in [0.4, 0.5) is 5.69 Å². The van der Waals surface area contributed by atoms with E-state index in [0.29, 0.717) is 12.1 Å². The summed E-state index contributed by atoms with van der Waals surface area (Å²) in [7, 11) is 1.59. The molecule has 3 aromatic rings. The minimum atomic E-state index is -0.614. The van der Waals surface area contributed by atoms with Crippen molar-refractivity contribution in [3.05, 3.63) is 54.1 Å². The van der Waals surface area contributed by atoms with E-state index >= 15 is 0 Å². The first-order valence-electron chi connectivity index (χ1n) is 10.3. The molecule has 0 saturated carbocycles. The molecule has 9 heteroatoms. The fourth-order valence-electron chi connectivity index (χ4n) is 3.15. The molecule has 1 aromatic heterocycles. The van der Waals surface area contributed by atoms with Crippen LogP contribution in [0.3, 0.4) is 0 Å². The molecule has 32 heavy (non-hydrogen) atoms. The molecule has 0 saturated heterocycles. The average Bonchev–Trinajstić information content (AvgIpc) is 3.09. The summed E-state index contributed by atoms with van der Waals surface area (Å²) >= 11 is 0. The summed E-state index contributed by atoms with van der Waals surface area (Å²) in [6.45, 7) is 5.94. The van der Waals surface area contributed by atoms with Crippen LogP contribution in [0, 0.1) is 0 Å². The summed E-state index contributed by atoms with van der Waals surface area (Å²) in [4.78, 5) is 19.2. The number of oxime groups is 1. The van der Waals surface area contributed by atoms with Gasteiger partial charge in [-0.25, -0.2) is 0 Å². The van der Waals surface area contributed by atoms with Gasteiger partial charge >= 0.3 is 5.91 Å². The molecule has 168 valence electrons. The first-order chi connectivity index (χ1) is 15.6. The highest BCUT2D eigenvalue weighted by atomic mass is 16.6. The molecule has 1 N–H and O–H groups in total. The van der Waals surface area contributed by atoms with Gasteiger partial charge < -0.3 is 14.7 Å². The highest BCUT2D eigenvalue weighted by Crippen LogP contribution is 2.38. The average molecular weight is 438 g/mol. The fourth-order valence-corrected chi connectivity index (χ4v) is 3.15. The third kappa shape index (κ3) is 5.50. The van der Waals surface area contributed by atoms with Crippen molar-refractivity contribution in [1.82, 2.24) is 9.47 Å². The number of aromatic nitrogens is 1. The second-order valence-electron chi connectivity index (χ2n) is 6.94. The summed E-state index contributed by atoms with van der Waals surface area (Å²) in [5.74, 6) is 0.0883. The van der Waals surface area contributed by atoms with E-state index in [2.05, 4.69) is 34.1 Å². The summed E-state index contributed by atoms with van der Waals surface area (Å²) in [5, 5.41) is 22.9. The second kappa shape index (κ2) is 11.1. The number of carbonyl (C=O) groups is 1. The van der Waals surface area contributed by atoms with Crippen LogP contribution >= 0.6 is 0 Å². The summed E-state index contributed by atoms with van der Waals surface area (Å²) < 4.78 is 6.85. The number of para-hydroxylation sites is 1. The molecule has 0 aliphatic carbocycles. The van der Waals surface area contributed by atoms with Gasteiger partial charge in [0.2, 0.25) is 5.88 Å². The summed E-state index contributed by atoms with van der Waals surface area (Å²) in [6.07, 6.45) is 1.48. The van der Waals surface area contributed by atoms with Gasteiger partial charge in [-0.3, -0.25) is 14.3 Å². The first-order valence-corrected chi connectivity index (χ1v) is 10.3. The Balaban J connectivity index is 1.67. The Morgan fingerprint density at radius 1 is 1.12 bits per heavy atom. The number of hydrogen-bond donors (Lipinski definition) is 1. The molecular formula is C23H27N5O4. The van der Waals surface area contributed by atoms with Gasteiger partial charge in [-0.2, -0.15) is 0 Å². The minimum Gasteiger partial charge on any atom is -0.497 e. The molecule has 1 heterocycles. The van der Waals surface area contributed by atoms with Gasteiger partial charge in [-0.1, -0.05) is 37.2 Å². The summed E-state index contributed by atoms with van der Waals surface area (Å²) in [6, 6.07) is 14.7. The minimum absolute atomic E-state index is 0.0342. The highest BCUT2D eigenvalue weighted by molar-refractivity contribution is 5.95. The topological polar surface area (TPSA) is 101 Å². The molecular weight excluding hydrogens is 410 g/mol. The smallest absolute Gasteiger partial charge is 0.304 e. The number of carbonyl (C=O) groups excluding carboxylic acids is 1. The third-order valence-corrected chi connectivity index (χ3v) is 4.99. The van der Waals surface area contributed by atoms with Crippen LogP contribution in [-0.2, 0) is 16.3 Å². The Hall–Kier alpha value is -3.72. The Kier molecular flexibility index (Phi) is 7.93. The standard InChI is InChI=1S/C23H27N5O4/c1-4-27(5-2)16-28-20-9-7-6-8-19(20)22(23(28)30)26-25-21(29)15-32-24-14-17-10-12-18(31-3)13-11-17/h6-14,30H,4-5,15-16H2,1-3H3. The molecule has 0 spiro atoms. The molecule has 3 rings (SSSR count). The molecule has 1 amide bonds. The van der Waals surface area contributed by atoms with E-state index in [4.69, 9.17) is 9.57 Å². The Morgan fingerprint density at radius 3 is 2.53 bits per heavy atom. The van der Waals surface area contributed by atoms with Gasteiger partial charge in [0.15, 0.2) is 12.3 Å². The zero-order chi connectivity index (χ0) is 22.9. The van der Waals surface area contributed by atoms with Crippen LogP contribution in [0.2, 0.25) is 0 Å². The number of aromatic hydroxyl groups is 1. The quantitative estimate of drug-likeness (QED) is 0.289. The lowest BCUT2D eigenvalue weighted by atomic mass is 10.2. The lowest BCUT2D eigenvalue weighted by molar-refractivity contribution is -0.122. The SMILES string of the molecule is CCN(CC)Cn1c(O)c(N=NC(=O)CON=Cc2ccc(OC)cc2)c2ccccc21. The number of amides is 1. The molecule has 0 aliphatic rings. The monoisotopic (exact) mass is 437 g/mol. The van der Waals surface area contributed by atoms with Crippen LogP contribution in [0.15, 0.2) is 63.9 Å². The number of methoxy groups -OCH3 is 1. The van der Waals surface area contributed by atoms with Gasteiger partial charge in [0.1, 0.15) is 5.75 Å². The third-order valence-electron chi connectivity index (χ3n) is 4.99. The molecule has 0 radical (unpaired) electrons. The number of nitrogens with zero attached hydrogens (tertiary/aromatic N) is 5. The number of hydrogen-bond acceptors (Lipinski definition) is 7. The van der Waals surface area contributed by atoms with Crippen molar-refractivity contribution in [2.75, 3.05) is 26.8 Å². The van der Waals surface area contributed by atoms with Crippen molar-refractivity contribution in [3.63, 3.8) is 0 Å². The van der Waals surface area contributed by atoms with E-state index in [-0.39, 0.29) is 18.2 Å². The maximum atomic E-state index is 12.1. The molecule has 0 aliphatic heterocycles. The zero-order valence-electron chi connectivity index (χ0n) is 18.4. The normalized spacial score (nSPS) is 11.8. The van der Waals surface area contributed by atoms with E-state index in [1.54, 1.807) is 23.8 Å². The molecule has 0 bridgehead atoms. The number of fused-ring (bicyclic) bond motifs is 1. The number of rotatable bonds is 10. The van der Waals surface area contributed by atoms with E-state index in [1.807, 2.05) is 36.4 Å². The molecule has 0 fully saturated rings. The zero-order valence-corrected chi connectivity index (χ0v) is 18.4. The highest BCUT2D eigenvalue weighted by Gasteiger charge is 2.18. The van der Waals surface area contributed by atoms with Crippen molar-refractivity contribution < 1.29 is 19.5 Å². The maximum absolute atomic E-state index is 12.1. The maximum Gasteiger partial charge on any atom is 0.304 e. The number of azo groups is 1. The Labute approximate surface area is 186 Å². The van der Waals surface area contributed by atoms with E-state index in [0.717, 1.165) is 29.9 Å². The van der Waals surface area contributed by atoms with E-state index in [9.17, 15) is 9.90 Å². The predicted octanol–water partition coefficient (Wildman–Crippen LogP) is 4.32. The molecule has 0 unspecified atom stereocenters. The van der Waals surface area contributed by atoms with Gasteiger partial charge in [0, 0.05) is 5.39 Å². The van der Waals surface area contributed by atoms with Crippen LogP contribution < -0.4 is 4.74 Å². The van der Waals surface area contributed by atoms with Crippen molar-refractivity contribution >= 4 is 28.7 Å². The Morgan fingerprint density at radius 2 is 1.84 bits per heavy atom. The van der Waals surface area contributed by atoms with Gasteiger partial charge in [0.05, 0.1) is 25.5 Å². The Bertz CT molecular complexity index is 1100. The first kappa shape index (κ1) is 23.0. The van der Waals surface area contributed by atoms with Gasteiger partial charge in [-0.15, -0.1) is 10.2 Å². The van der Waals surface area contributed by atoms with Crippen molar-refractivity contribution in [3.8, 4) is 11.6 Å². The van der Waals surface area contributed by atoms with Crippen molar-refractivity contribution in [2.24, 2.45) is 15.4 Å². The van der Waals surface area contributed by atoms with Crippen molar-refractivity contribution in [2.45, 2.75) is 20.5 Å². The molecule has 0 atom stereocenters. The fraction of sp³-hybridized carbons (Fsp3) is 0.304. The van der Waals surface area contributed by atoms with Crippen molar-refractivity contribution in [1.29, 1.82) is 0 Å². The molecule has 9 nitrogen and oxygen atoms in total. The lowest BCUT2D eigenvalue weighted by Gasteiger charge is -2.19. The van der Waals surface area contributed by atoms with Crippen LogP contribution in [0.5, 0.6) is 11.6 Å². The largest absolute Gasteiger partial charge is 0.497 e.